The van der Waals surface area contributed by atoms with Crippen molar-refractivity contribution in [2.24, 2.45) is 5.92 Å². The van der Waals surface area contributed by atoms with E-state index in [1.165, 1.54) is 0 Å². The number of nitrogens with zero attached hydrogens (tertiary/aromatic N) is 3. The number of carbonyl (C=O) groups excluding carboxylic acids is 2. The second kappa shape index (κ2) is 9.89. The van der Waals surface area contributed by atoms with E-state index in [0.29, 0.717) is 24.8 Å². The van der Waals surface area contributed by atoms with E-state index in [1.54, 1.807) is 17.4 Å². The summed E-state index contributed by atoms with van der Waals surface area (Å²) in [7, 11) is 0. The van der Waals surface area contributed by atoms with Gasteiger partial charge in [0.2, 0.25) is 5.91 Å². The van der Waals surface area contributed by atoms with E-state index in [1.807, 2.05) is 37.4 Å². The van der Waals surface area contributed by atoms with Crippen LogP contribution in [0.15, 0.2) is 29.6 Å². The monoisotopic (exact) mass is 466 g/mol. The van der Waals surface area contributed by atoms with Crippen molar-refractivity contribution in [3.05, 3.63) is 35.2 Å². The molecule has 1 aliphatic carbocycles. The van der Waals surface area contributed by atoms with Crippen LogP contribution in [0.4, 0.5) is 5.13 Å². The van der Waals surface area contributed by atoms with Crippen molar-refractivity contribution < 1.29 is 9.59 Å². The molecule has 1 saturated heterocycles. The van der Waals surface area contributed by atoms with E-state index in [0.717, 1.165) is 42.6 Å². The molecule has 2 fully saturated rings. The van der Waals surface area contributed by atoms with E-state index in [-0.39, 0.29) is 17.7 Å². The smallest absolute Gasteiger partial charge is 0.252 e. The Bertz CT molecular complexity index is 1050. The normalized spacial score (nSPS) is 17.8. The zero-order valence-corrected chi connectivity index (χ0v) is 19.9. The van der Waals surface area contributed by atoms with Crippen LogP contribution >= 0.6 is 11.3 Å². The SMILES string of the molecule is CC(C)C[C@H](NC(=O)c1ccccc1-c1csc(N2CCNCC2)n1)C(=O)NC1(C#N)CC1. The minimum absolute atomic E-state index is 0.202. The highest BCUT2D eigenvalue weighted by molar-refractivity contribution is 7.14. The van der Waals surface area contributed by atoms with E-state index in [9.17, 15) is 14.9 Å². The molecule has 4 rings (SSSR count). The van der Waals surface area contributed by atoms with Gasteiger partial charge in [0.1, 0.15) is 11.6 Å². The Morgan fingerprint density at radius 1 is 1.27 bits per heavy atom. The highest BCUT2D eigenvalue weighted by Crippen LogP contribution is 2.34. The second-order valence-electron chi connectivity index (χ2n) is 9.14. The van der Waals surface area contributed by atoms with Crippen LogP contribution in [0.1, 0.15) is 43.5 Å². The largest absolute Gasteiger partial charge is 0.346 e. The van der Waals surface area contributed by atoms with Crippen LogP contribution in [0.2, 0.25) is 0 Å². The standard InChI is InChI=1S/C24H30N6O2S/c1-16(2)13-19(22(32)29-24(15-25)7-8-24)27-21(31)18-6-4-3-5-17(18)20-14-33-23(28-20)30-11-9-26-10-12-30/h3-6,14,16,19,26H,7-13H2,1-2H3,(H,27,31)(H,29,32)/t19-/m0/s1. The van der Waals surface area contributed by atoms with Gasteiger partial charge in [0.05, 0.1) is 11.8 Å². The predicted octanol–water partition coefficient (Wildman–Crippen LogP) is 2.54. The van der Waals surface area contributed by atoms with E-state index >= 15 is 0 Å². The maximum Gasteiger partial charge on any atom is 0.252 e. The van der Waals surface area contributed by atoms with Gasteiger partial charge in [-0.3, -0.25) is 9.59 Å². The summed E-state index contributed by atoms with van der Waals surface area (Å²) in [5, 5.41) is 21.3. The predicted molar refractivity (Wildman–Crippen MR) is 129 cm³/mol. The molecule has 8 nitrogen and oxygen atoms in total. The van der Waals surface area contributed by atoms with Crippen LogP contribution in [0, 0.1) is 17.2 Å². The molecule has 0 bridgehead atoms. The van der Waals surface area contributed by atoms with Crippen molar-refractivity contribution in [3.63, 3.8) is 0 Å². The summed E-state index contributed by atoms with van der Waals surface area (Å²) < 4.78 is 0. The van der Waals surface area contributed by atoms with Gasteiger partial charge in [-0.15, -0.1) is 11.3 Å². The molecule has 1 aliphatic heterocycles. The van der Waals surface area contributed by atoms with Crippen LogP contribution in [0.5, 0.6) is 0 Å². The summed E-state index contributed by atoms with van der Waals surface area (Å²) in [5.41, 5.74) is 1.21. The number of nitrogens with one attached hydrogen (secondary N) is 3. The zero-order chi connectivity index (χ0) is 23.4. The number of thiazole rings is 1. The first-order chi connectivity index (χ1) is 15.9. The van der Waals surface area contributed by atoms with Crippen LogP contribution in [-0.4, -0.2) is 54.6 Å². The number of amides is 2. The maximum atomic E-state index is 13.3. The molecule has 2 amide bonds. The Morgan fingerprint density at radius 2 is 2.00 bits per heavy atom. The summed E-state index contributed by atoms with van der Waals surface area (Å²) >= 11 is 1.57. The number of benzene rings is 1. The van der Waals surface area contributed by atoms with Crippen molar-refractivity contribution in [2.45, 2.75) is 44.7 Å². The van der Waals surface area contributed by atoms with Gasteiger partial charge in [0.25, 0.3) is 5.91 Å². The molecule has 0 spiro atoms. The lowest BCUT2D eigenvalue weighted by atomic mass is 10.0. The topological polar surface area (TPSA) is 110 Å². The lowest BCUT2D eigenvalue weighted by Gasteiger charge is -2.26. The molecule has 1 atom stereocenters. The van der Waals surface area contributed by atoms with Crippen LogP contribution in [-0.2, 0) is 4.79 Å². The number of hydrogen-bond donors (Lipinski definition) is 3. The minimum atomic E-state index is -0.768. The molecule has 3 N–H and O–H groups in total. The quantitative estimate of drug-likeness (QED) is 0.552. The summed E-state index contributed by atoms with van der Waals surface area (Å²) in [4.78, 5) is 33.2. The van der Waals surface area contributed by atoms with Crippen LogP contribution in [0.3, 0.4) is 0 Å². The van der Waals surface area contributed by atoms with E-state index in [2.05, 4.69) is 26.9 Å². The molecule has 0 radical (unpaired) electrons. The first-order valence-corrected chi connectivity index (χ1v) is 12.3. The van der Waals surface area contributed by atoms with Crippen molar-refractivity contribution in [2.75, 3.05) is 31.1 Å². The Hall–Kier alpha value is -2.96. The molecule has 1 aromatic heterocycles. The van der Waals surface area contributed by atoms with Crippen molar-refractivity contribution in [1.82, 2.24) is 20.9 Å². The Kier molecular flexibility index (Phi) is 6.96. The lowest BCUT2D eigenvalue weighted by Crippen LogP contribution is -2.50. The minimum Gasteiger partial charge on any atom is -0.346 e. The van der Waals surface area contributed by atoms with Crippen molar-refractivity contribution in [1.29, 1.82) is 5.26 Å². The van der Waals surface area contributed by atoms with Gasteiger partial charge in [0.15, 0.2) is 5.13 Å². The number of rotatable bonds is 8. The average Bonchev–Trinajstić information content (AvgIpc) is 3.42. The molecule has 0 unspecified atom stereocenters. The molecule has 2 heterocycles. The van der Waals surface area contributed by atoms with Gasteiger partial charge >= 0.3 is 0 Å². The number of hydrogen-bond acceptors (Lipinski definition) is 7. The second-order valence-corrected chi connectivity index (χ2v) is 9.97. The third kappa shape index (κ3) is 5.52. The summed E-state index contributed by atoms with van der Waals surface area (Å²) in [5.74, 6) is -0.415. The molecule has 33 heavy (non-hydrogen) atoms. The molecular formula is C24H30N6O2S. The van der Waals surface area contributed by atoms with Gasteiger partial charge < -0.3 is 20.9 Å². The highest BCUT2D eigenvalue weighted by Gasteiger charge is 2.45. The third-order valence-corrected chi connectivity index (χ3v) is 6.88. The van der Waals surface area contributed by atoms with Crippen molar-refractivity contribution >= 4 is 28.3 Å². The highest BCUT2D eigenvalue weighted by atomic mass is 32.1. The summed E-state index contributed by atoms with van der Waals surface area (Å²) in [6.07, 6.45) is 1.80. The number of anilines is 1. The van der Waals surface area contributed by atoms with E-state index < -0.39 is 11.6 Å². The fourth-order valence-electron chi connectivity index (χ4n) is 3.95. The number of piperazine rings is 1. The van der Waals surface area contributed by atoms with E-state index in [4.69, 9.17) is 4.98 Å². The molecule has 2 aromatic rings. The fourth-order valence-corrected chi connectivity index (χ4v) is 4.82. The third-order valence-electron chi connectivity index (χ3n) is 5.98. The fraction of sp³-hybridized carbons (Fsp3) is 0.500. The molecule has 1 saturated carbocycles. The van der Waals surface area contributed by atoms with Gasteiger partial charge in [-0.1, -0.05) is 32.0 Å². The molecule has 2 aliphatic rings. The average molecular weight is 467 g/mol. The van der Waals surface area contributed by atoms with Gasteiger partial charge in [-0.05, 0) is 31.2 Å². The first kappa shape index (κ1) is 23.2. The summed E-state index contributed by atoms with van der Waals surface area (Å²) in [6.45, 7) is 7.69. The van der Waals surface area contributed by atoms with Crippen LogP contribution < -0.4 is 20.9 Å². The number of nitriles is 1. The molecule has 174 valence electrons. The first-order valence-electron chi connectivity index (χ1n) is 11.5. The lowest BCUT2D eigenvalue weighted by molar-refractivity contribution is -0.123. The molecule has 9 heteroatoms. The Morgan fingerprint density at radius 3 is 2.67 bits per heavy atom. The van der Waals surface area contributed by atoms with Gasteiger partial charge in [0, 0.05) is 42.7 Å². The van der Waals surface area contributed by atoms with Gasteiger partial charge in [-0.2, -0.15) is 5.26 Å². The summed E-state index contributed by atoms with van der Waals surface area (Å²) in [6, 6.07) is 8.82. The zero-order valence-electron chi connectivity index (χ0n) is 19.1. The molecular weight excluding hydrogens is 436 g/mol. The number of carbonyl (C=O) groups is 2. The Labute approximate surface area is 198 Å². The van der Waals surface area contributed by atoms with Crippen LogP contribution in [0.25, 0.3) is 11.3 Å². The van der Waals surface area contributed by atoms with Crippen molar-refractivity contribution in [3.8, 4) is 17.3 Å². The molecule has 1 aromatic carbocycles. The van der Waals surface area contributed by atoms with Gasteiger partial charge in [-0.25, -0.2) is 4.98 Å². The maximum absolute atomic E-state index is 13.3. The Balaban J connectivity index is 1.52. The number of aromatic nitrogens is 1.